The second-order valence-electron chi connectivity index (χ2n) is 7.03. The van der Waals surface area contributed by atoms with E-state index in [1.807, 2.05) is 0 Å². The van der Waals surface area contributed by atoms with Crippen molar-refractivity contribution >= 4 is 5.78 Å². The van der Waals surface area contributed by atoms with Crippen LogP contribution in [0.1, 0.15) is 77.6 Å². The summed E-state index contributed by atoms with van der Waals surface area (Å²) >= 11 is 0. The number of Topliss-reactive ketones (excluding diaryl/α,β-unsaturated/α-hetero) is 1. The fraction of sp³-hybridized carbons (Fsp3) is 0.941. The molecular formula is C17H31NO. The highest BCUT2D eigenvalue weighted by Gasteiger charge is 2.35. The molecule has 19 heavy (non-hydrogen) atoms. The first kappa shape index (κ1) is 15.0. The molecule has 0 aromatic carbocycles. The summed E-state index contributed by atoms with van der Waals surface area (Å²) in [6, 6.07) is 0. The van der Waals surface area contributed by atoms with Gasteiger partial charge >= 0.3 is 0 Å². The molecule has 2 fully saturated rings. The molecule has 0 spiro atoms. The molecule has 0 heterocycles. The molecule has 2 aliphatic carbocycles. The molecule has 0 unspecified atom stereocenters. The van der Waals surface area contributed by atoms with Crippen molar-refractivity contribution in [3.63, 3.8) is 0 Å². The normalized spacial score (nSPS) is 31.1. The maximum Gasteiger partial charge on any atom is 0.136 e. The molecular weight excluding hydrogens is 234 g/mol. The monoisotopic (exact) mass is 265 g/mol. The van der Waals surface area contributed by atoms with Crippen LogP contribution in [0.15, 0.2) is 0 Å². The molecule has 0 radical (unpaired) electrons. The largest absolute Gasteiger partial charge is 0.330 e. The minimum Gasteiger partial charge on any atom is -0.330 e. The van der Waals surface area contributed by atoms with E-state index < -0.39 is 0 Å². The molecule has 2 nitrogen and oxygen atoms in total. The SMILES string of the molecule is CCC1CCC(C(=O)CC2(CN)CCCCC2)CC1. The van der Waals surface area contributed by atoms with Gasteiger partial charge in [0, 0.05) is 12.3 Å². The van der Waals surface area contributed by atoms with E-state index in [2.05, 4.69) is 6.92 Å². The van der Waals surface area contributed by atoms with Gasteiger partial charge in [0.1, 0.15) is 5.78 Å². The molecule has 2 N–H and O–H groups in total. The molecule has 2 heteroatoms. The maximum atomic E-state index is 12.6. The van der Waals surface area contributed by atoms with Gasteiger partial charge in [-0.1, -0.05) is 32.6 Å². The zero-order valence-electron chi connectivity index (χ0n) is 12.6. The summed E-state index contributed by atoms with van der Waals surface area (Å²) in [7, 11) is 0. The van der Waals surface area contributed by atoms with Gasteiger partial charge in [0.15, 0.2) is 0 Å². The van der Waals surface area contributed by atoms with Crippen LogP contribution >= 0.6 is 0 Å². The van der Waals surface area contributed by atoms with Gasteiger partial charge in [-0.05, 0) is 56.4 Å². The van der Waals surface area contributed by atoms with Crippen LogP contribution in [0.5, 0.6) is 0 Å². The van der Waals surface area contributed by atoms with Crippen molar-refractivity contribution in [1.82, 2.24) is 0 Å². The van der Waals surface area contributed by atoms with Gasteiger partial charge in [-0.25, -0.2) is 0 Å². The zero-order valence-corrected chi connectivity index (χ0v) is 12.6. The topological polar surface area (TPSA) is 43.1 Å². The highest BCUT2D eigenvalue weighted by molar-refractivity contribution is 5.81. The number of hydrogen-bond acceptors (Lipinski definition) is 2. The fourth-order valence-corrected chi connectivity index (χ4v) is 4.16. The Hall–Kier alpha value is -0.370. The summed E-state index contributed by atoms with van der Waals surface area (Å²) in [6.45, 7) is 2.99. The molecule has 0 aromatic rings. The lowest BCUT2D eigenvalue weighted by Gasteiger charge is -2.37. The van der Waals surface area contributed by atoms with E-state index in [9.17, 15) is 4.79 Å². The lowest BCUT2D eigenvalue weighted by atomic mass is 9.68. The molecule has 0 amide bonds. The smallest absolute Gasteiger partial charge is 0.136 e. The predicted octanol–water partition coefficient (Wildman–Crippen LogP) is 4.07. The van der Waals surface area contributed by atoms with Gasteiger partial charge in [0.05, 0.1) is 0 Å². The van der Waals surface area contributed by atoms with Gasteiger partial charge in [0.25, 0.3) is 0 Å². The van der Waals surface area contributed by atoms with E-state index in [4.69, 9.17) is 5.73 Å². The number of rotatable bonds is 5. The summed E-state index contributed by atoms with van der Waals surface area (Å²) < 4.78 is 0. The predicted molar refractivity (Wildman–Crippen MR) is 79.9 cm³/mol. The number of nitrogens with two attached hydrogens (primary N) is 1. The number of hydrogen-bond donors (Lipinski definition) is 1. The number of ketones is 1. The van der Waals surface area contributed by atoms with Crippen molar-refractivity contribution < 1.29 is 4.79 Å². The molecule has 2 saturated carbocycles. The van der Waals surface area contributed by atoms with Crippen molar-refractivity contribution in [2.75, 3.05) is 6.54 Å². The van der Waals surface area contributed by atoms with Crippen LogP contribution in [0.25, 0.3) is 0 Å². The Bertz CT molecular complexity index is 286. The summed E-state index contributed by atoms with van der Waals surface area (Å²) in [5.41, 5.74) is 6.17. The summed E-state index contributed by atoms with van der Waals surface area (Å²) in [5.74, 6) is 1.76. The molecule has 0 aliphatic heterocycles. The summed E-state index contributed by atoms with van der Waals surface area (Å²) in [4.78, 5) is 12.6. The molecule has 2 rings (SSSR count). The first-order valence-corrected chi connectivity index (χ1v) is 8.42. The van der Waals surface area contributed by atoms with Crippen LogP contribution in [-0.4, -0.2) is 12.3 Å². The number of carbonyl (C=O) groups is 1. The summed E-state index contributed by atoms with van der Waals surface area (Å²) in [6.07, 6.45) is 13.1. The Labute approximate surface area is 118 Å². The second kappa shape index (κ2) is 6.88. The number of carbonyl (C=O) groups excluding carboxylic acids is 1. The fourth-order valence-electron chi connectivity index (χ4n) is 4.16. The van der Waals surface area contributed by atoms with E-state index >= 15 is 0 Å². The lowest BCUT2D eigenvalue weighted by Crippen LogP contribution is -2.37. The van der Waals surface area contributed by atoms with Gasteiger partial charge < -0.3 is 5.73 Å². The van der Waals surface area contributed by atoms with Gasteiger partial charge in [0.2, 0.25) is 0 Å². The second-order valence-corrected chi connectivity index (χ2v) is 7.03. The minimum absolute atomic E-state index is 0.164. The Morgan fingerprint density at radius 2 is 1.74 bits per heavy atom. The Balaban J connectivity index is 1.86. The van der Waals surface area contributed by atoms with E-state index in [0.717, 1.165) is 25.2 Å². The first-order chi connectivity index (χ1) is 9.19. The Morgan fingerprint density at radius 1 is 1.11 bits per heavy atom. The summed E-state index contributed by atoms with van der Waals surface area (Å²) in [5, 5.41) is 0. The molecule has 0 bridgehead atoms. The van der Waals surface area contributed by atoms with Crippen LogP contribution in [0.3, 0.4) is 0 Å². The van der Waals surface area contributed by atoms with Crippen molar-refractivity contribution in [1.29, 1.82) is 0 Å². The third-order valence-electron chi connectivity index (χ3n) is 5.78. The van der Waals surface area contributed by atoms with E-state index in [-0.39, 0.29) is 5.41 Å². The highest BCUT2D eigenvalue weighted by Crippen LogP contribution is 2.41. The van der Waals surface area contributed by atoms with E-state index in [1.165, 1.54) is 51.4 Å². The van der Waals surface area contributed by atoms with Gasteiger partial charge in [-0.2, -0.15) is 0 Å². The van der Waals surface area contributed by atoms with Gasteiger partial charge in [-0.15, -0.1) is 0 Å². The van der Waals surface area contributed by atoms with Crippen molar-refractivity contribution in [2.45, 2.75) is 77.6 Å². The average molecular weight is 265 g/mol. The highest BCUT2D eigenvalue weighted by atomic mass is 16.1. The Morgan fingerprint density at radius 3 is 2.26 bits per heavy atom. The standard InChI is InChI=1S/C17H31NO/c1-2-14-6-8-15(9-7-14)16(19)12-17(13-18)10-4-3-5-11-17/h14-15H,2-13,18H2,1H3. The third-order valence-corrected chi connectivity index (χ3v) is 5.78. The van der Waals surface area contributed by atoms with E-state index in [1.54, 1.807) is 0 Å². The van der Waals surface area contributed by atoms with Crippen LogP contribution in [0, 0.1) is 17.3 Å². The lowest BCUT2D eigenvalue weighted by molar-refractivity contribution is -0.126. The van der Waals surface area contributed by atoms with Crippen LogP contribution in [-0.2, 0) is 4.79 Å². The van der Waals surface area contributed by atoms with Crippen LogP contribution < -0.4 is 5.73 Å². The molecule has 0 atom stereocenters. The van der Waals surface area contributed by atoms with Crippen LogP contribution in [0.4, 0.5) is 0 Å². The van der Waals surface area contributed by atoms with Crippen molar-refractivity contribution in [3.8, 4) is 0 Å². The van der Waals surface area contributed by atoms with Crippen molar-refractivity contribution in [3.05, 3.63) is 0 Å². The molecule has 2 aliphatic rings. The maximum absolute atomic E-state index is 12.6. The van der Waals surface area contributed by atoms with Gasteiger partial charge in [-0.3, -0.25) is 4.79 Å². The first-order valence-electron chi connectivity index (χ1n) is 8.42. The van der Waals surface area contributed by atoms with Crippen LogP contribution in [0.2, 0.25) is 0 Å². The van der Waals surface area contributed by atoms with E-state index in [0.29, 0.717) is 18.2 Å². The Kier molecular flexibility index (Phi) is 5.44. The van der Waals surface area contributed by atoms with Crippen molar-refractivity contribution in [2.24, 2.45) is 23.0 Å². The average Bonchev–Trinajstić information content (AvgIpc) is 2.48. The third kappa shape index (κ3) is 3.81. The zero-order chi connectivity index (χ0) is 13.7. The molecule has 0 aromatic heterocycles. The minimum atomic E-state index is 0.164. The quantitative estimate of drug-likeness (QED) is 0.814. The molecule has 110 valence electrons. The molecule has 0 saturated heterocycles.